The molecule has 0 fully saturated rings. The maximum absolute atomic E-state index is 11.6. The minimum atomic E-state index is -0.227. The molecule has 0 saturated carbocycles. The zero-order valence-corrected chi connectivity index (χ0v) is 10.5. The van der Waals surface area contributed by atoms with Crippen LogP contribution in [0.15, 0.2) is 24.3 Å². The van der Waals surface area contributed by atoms with Gasteiger partial charge >= 0.3 is 5.97 Å². The highest BCUT2D eigenvalue weighted by molar-refractivity contribution is 7.98. The summed E-state index contributed by atoms with van der Waals surface area (Å²) < 4.78 is 9.94. The summed E-state index contributed by atoms with van der Waals surface area (Å²) in [4.78, 5) is 11.6. The van der Waals surface area contributed by atoms with E-state index in [1.54, 1.807) is 18.9 Å². The fraction of sp³-hybridized carbons (Fsp3) is 0.417. The van der Waals surface area contributed by atoms with E-state index in [4.69, 9.17) is 9.47 Å². The van der Waals surface area contributed by atoms with E-state index in [0.29, 0.717) is 5.75 Å². The van der Waals surface area contributed by atoms with Gasteiger partial charge in [-0.1, -0.05) is 12.1 Å². The van der Waals surface area contributed by atoms with Crippen molar-refractivity contribution in [2.24, 2.45) is 0 Å². The predicted octanol–water partition coefficient (Wildman–Crippen LogP) is 2.31. The number of rotatable bonds is 5. The molecule has 1 aromatic rings. The van der Waals surface area contributed by atoms with Gasteiger partial charge in [0.2, 0.25) is 0 Å². The predicted molar refractivity (Wildman–Crippen MR) is 66.1 cm³/mol. The number of thioether (sulfide) groups is 1. The molecule has 1 aromatic carbocycles. The van der Waals surface area contributed by atoms with Gasteiger partial charge in [0.15, 0.2) is 0 Å². The molecule has 0 bridgehead atoms. The smallest absolute Gasteiger partial charge is 0.313 e. The van der Waals surface area contributed by atoms with Crippen molar-refractivity contribution >= 4 is 17.7 Å². The van der Waals surface area contributed by atoms with E-state index >= 15 is 0 Å². The number of hydrogen-bond acceptors (Lipinski definition) is 4. The molecular formula is C12H16O3S. The van der Waals surface area contributed by atoms with Crippen LogP contribution in [0.3, 0.4) is 0 Å². The monoisotopic (exact) mass is 240 g/mol. The lowest BCUT2D eigenvalue weighted by atomic mass is 10.0. The number of carbonyl (C=O) groups is 1. The highest BCUT2D eigenvalue weighted by Gasteiger charge is 2.21. The third kappa shape index (κ3) is 3.17. The van der Waals surface area contributed by atoms with Gasteiger partial charge < -0.3 is 9.47 Å². The average molecular weight is 240 g/mol. The summed E-state index contributed by atoms with van der Waals surface area (Å²) >= 11 is 1.62. The summed E-state index contributed by atoms with van der Waals surface area (Å²) in [7, 11) is 3.02. The minimum absolute atomic E-state index is 0.206. The van der Waals surface area contributed by atoms with E-state index in [1.165, 1.54) is 7.11 Å². The highest BCUT2D eigenvalue weighted by Crippen LogP contribution is 2.24. The Morgan fingerprint density at radius 3 is 2.75 bits per heavy atom. The summed E-state index contributed by atoms with van der Waals surface area (Å²) in [6.07, 6.45) is 1.97. The second-order valence-corrected chi connectivity index (χ2v) is 4.22. The minimum Gasteiger partial charge on any atom is -0.497 e. The van der Waals surface area contributed by atoms with Gasteiger partial charge in [0, 0.05) is 5.75 Å². The van der Waals surface area contributed by atoms with E-state index in [2.05, 4.69) is 0 Å². The van der Waals surface area contributed by atoms with Crippen LogP contribution in [0.4, 0.5) is 0 Å². The van der Waals surface area contributed by atoms with Crippen LogP contribution in [0.5, 0.6) is 5.75 Å². The molecule has 0 amide bonds. The molecule has 0 aromatic heterocycles. The normalized spacial score (nSPS) is 11.9. The lowest BCUT2D eigenvalue weighted by Gasteiger charge is -2.14. The van der Waals surface area contributed by atoms with Crippen LogP contribution >= 0.6 is 11.8 Å². The number of methoxy groups -OCH3 is 2. The molecule has 3 nitrogen and oxygen atoms in total. The summed E-state index contributed by atoms with van der Waals surface area (Å²) in [5.74, 6) is 1.03. The third-order valence-electron chi connectivity index (χ3n) is 2.32. The molecule has 1 rings (SSSR count). The molecule has 0 radical (unpaired) electrons. The highest BCUT2D eigenvalue weighted by atomic mass is 32.2. The standard InChI is InChI=1S/C12H16O3S/c1-14-10-6-4-5-9(7-10)11(8-16-3)12(13)15-2/h4-7,11H,8H2,1-3H3. The number of hydrogen-bond donors (Lipinski definition) is 0. The molecule has 0 aliphatic heterocycles. The first-order valence-corrected chi connectivity index (χ1v) is 6.33. The van der Waals surface area contributed by atoms with E-state index in [9.17, 15) is 4.79 Å². The van der Waals surface area contributed by atoms with Crippen LogP contribution in [0, 0.1) is 0 Å². The first-order chi connectivity index (χ1) is 7.72. The van der Waals surface area contributed by atoms with Gasteiger partial charge in [-0.25, -0.2) is 0 Å². The maximum Gasteiger partial charge on any atom is 0.313 e. The Balaban J connectivity index is 2.95. The van der Waals surface area contributed by atoms with Crippen LogP contribution in [-0.2, 0) is 9.53 Å². The Hall–Kier alpha value is -1.16. The van der Waals surface area contributed by atoms with Crippen molar-refractivity contribution in [1.82, 2.24) is 0 Å². The first-order valence-electron chi connectivity index (χ1n) is 4.93. The van der Waals surface area contributed by atoms with Gasteiger partial charge in [0.05, 0.1) is 20.1 Å². The lowest BCUT2D eigenvalue weighted by molar-refractivity contribution is -0.141. The average Bonchev–Trinajstić information content (AvgIpc) is 2.35. The van der Waals surface area contributed by atoms with Crippen LogP contribution in [0.25, 0.3) is 0 Å². The van der Waals surface area contributed by atoms with Crippen molar-refractivity contribution in [1.29, 1.82) is 0 Å². The van der Waals surface area contributed by atoms with E-state index in [-0.39, 0.29) is 11.9 Å². The van der Waals surface area contributed by atoms with Crippen molar-refractivity contribution < 1.29 is 14.3 Å². The Morgan fingerprint density at radius 2 is 2.19 bits per heavy atom. The van der Waals surface area contributed by atoms with Crippen molar-refractivity contribution in [2.75, 3.05) is 26.2 Å². The molecular weight excluding hydrogens is 224 g/mol. The van der Waals surface area contributed by atoms with Crippen molar-refractivity contribution in [2.45, 2.75) is 5.92 Å². The Bertz CT molecular complexity index is 352. The molecule has 0 aliphatic carbocycles. The van der Waals surface area contributed by atoms with Crippen LogP contribution in [-0.4, -0.2) is 32.2 Å². The summed E-state index contributed by atoms with van der Waals surface area (Å²) in [6.45, 7) is 0. The van der Waals surface area contributed by atoms with Crippen molar-refractivity contribution in [3.05, 3.63) is 29.8 Å². The fourth-order valence-corrected chi connectivity index (χ4v) is 2.13. The first kappa shape index (κ1) is 12.9. The van der Waals surface area contributed by atoms with Crippen LogP contribution in [0.2, 0.25) is 0 Å². The van der Waals surface area contributed by atoms with Gasteiger partial charge in [-0.3, -0.25) is 4.79 Å². The fourth-order valence-electron chi connectivity index (χ4n) is 1.47. The van der Waals surface area contributed by atoms with Gasteiger partial charge in [0.1, 0.15) is 5.75 Å². The summed E-state index contributed by atoms with van der Waals surface area (Å²) in [5, 5.41) is 0. The summed E-state index contributed by atoms with van der Waals surface area (Å²) in [5.41, 5.74) is 0.931. The van der Waals surface area contributed by atoms with Gasteiger partial charge in [-0.2, -0.15) is 11.8 Å². The SMILES string of the molecule is COC(=O)C(CSC)c1cccc(OC)c1. The maximum atomic E-state index is 11.6. The number of carbonyl (C=O) groups excluding carboxylic acids is 1. The van der Waals surface area contributed by atoms with Crippen LogP contribution < -0.4 is 4.74 Å². The largest absolute Gasteiger partial charge is 0.497 e. The topological polar surface area (TPSA) is 35.5 Å². The molecule has 0 spiro atoms. The molecule has 1 atom stereocenters. The lowest BCUT2D eigenvalue weighted by Crippen LogP contribution is -2.16. The number of esters is 1. The molecule has 88 valence electrons. The second kappa shape index (κ2) is 6.43. The van der Waals surface area contributed by atoms with E-state index < -0.39 is 0 Å². The Morgan fingerprint density at radius 1 is 1.44 bits per heavy atom. The molecule has 0 N–H and O–H groups in total. The van der Waals surface area contributed by atoms with E-state index in [1.807, 2.05) is 30.5 Å². The third-order valence-corrected chi connectivity index (χ3v) is 2.98. The summed E-state index contributed by atoms with van der Waals surface area (Å²) in [6, 6.07) is 7.53. The number of ether oxygens (including phenoxy) is 2. The molecule has 0 aliphatic rings. The molecule has 16 heavy (non-hydrogen) atoms. The van der Waals surface area contributed by atoms with Crippen LogP contribution in [0.1, 0.15) is 11.5 Å². The molecule has 4 heteroatoms. The Labute approximate surface area is 100 Å². The zero-order chi connectivity index (χ0) is 12.0. The van der Waals surface area contributed by atoms with Gasteiger partial charge in [-0.15, -0.1) is 0 Å². The van der Waals surface area contributed by atoms with Crippen molar-refractivity contribution in [3.8, 4) is 5.75 Å². The van der Waals surface area contributed by atoms with Crippen molar-refractivity contribution in [3.63, 3.8) is 0 Å². The molecule has 0 heterocycles. The zero-order valence-electron chi connectivity index (χ0n) is 9.73. The van der Waals surface area contributed by atoms with E-state index in [0.717, 1.165) is 11.3 Å². The second-order valence-electron chi connectivity index (χ2n) is 3.31. The number of benzene rings is 1. The molecule has 1 unspecified atom stereocenters. The van der Waals surface area contributed by atoms with Gasteiger partial charge in [-0.05, 0) is 24.0 Å². The van der Waals surface area contributed by atoms with Gasteiger partial charge in [0.25, 0.3) is 0 Å². The molecule has 0 saturated heterocycles. The Kier molecular flexibility index (Phi) is 5.19. The quantitative estimate of drug-likeness (QED) is 0.740.